The number of hydrogen-bond donors (Lipinski definition) is 1. The van der Waals surface area contributed by atoms with Crippen LogP contribution in [0.4, 0.5) is 10.1 Å². The van der Waals surface area contributed by atoms with Gasteiger partial charge in [-0.1, -0.05) is 29.4 Å². The molecular formula is C24H24FN5O3. The second-order valence-electron chi connectivity index (χ2n) is 8.50. The Balaban J connectivity index is 1.13. The lowest BCUT2D eigenvalue weighted by Gasteiger charge is -2.18. The summed E-state index contributed by atoms with van der Waals surface area (Å²) in [6, 6.07) is 15.5. The molecule has 170 valence electrons. The summed E-state index contributed by atoms with van der Waals surface area (Å²) in [5.41, 5.74) is 1.36. The molecule has 1 N–H and O–H groups in total. The maximum absolute atomic E-state index is 13.5. The van der Waals surface area contributed by atoms with Gasteiger partial charge >= 0.3 is 0 Å². The van der Waals surface area contributed by atoms with Crippen molar-refractivity contribution in [2.45, 2.75) is 25.4 Å². The van der Waals surface area contributed by atoms with Crippen LogP contribution >= 0.6 is 0 Å². The van der Waals surface area contributed by atoms with Crippen LogP contribution in [-0.4, -0.2) is 52.5 Å². The Hall–Kier alpha value is -3.59. The molecule has 2 amide bonds. The van der Waals surface area contributed by atoms with Gasteiger partial charge in [0.05, 0.1) is 12.5 Å². The first-order chi connectivity index (χ1) is 16.0. The number of carbonyl (C=O) groups excluding carboxylic acids is 2. The normalized spacial score (nSPS) is 21.0. The molecule has 2 aliphatic heterocycles. The van der Waals surface area contributed by atoms with Crippen LogP contribution in [0.25, 0.3) is 11.5 Å². The summed E-state index contributed by atoms with van der Waals surface area (Å²) in [4.78, 5) is 33.3. The van der Waals surface area contributed by atoms with Crippen molar-refractivity contribution in [2.75, 3.05) is 24.5 Å². The van der Waals surface area contributed by atoms with Gasteiger partial charge in [-0.2, -0.15) is 4.98 Å². The van der Waals surface area contributed by atoms with Crippen LogP contribution in [0.15, 0.2) is 59.1 Å². The summed E-state index contributed by atoms with van der Waals surface area (Å²) in [6.45, 7) is 2.28. The fourth-order valence-electron chi connectivity index (χ4n) is 4.41. The summed E-state index contributed by atoms with van der Waals surface area (Å²) < 4.78 is 18.9. The van der Waals surface area contributed by atoms with E-state index in [4.69, 9.17) is 4.52 Å². The Morgan fingerprint density at radius 1 is 1.15 bits per heavy atom. The van der Waals surface area contributed by atoms with Crippen LogP contribution in [-0.2, 0) is 16.1 Å². The average molecular weight is 449 g/mol. The van der Waals surface area contributed by atoms with Crippen molar-refractivity contribution in [3.05, 3.63) is 66.2 Å². The zero-order valence-electron chi connectivity index (χ0n) is 18.0. The van der Waals surface area contributed by atoms with Crippen LogP contribution in [0.5, 0.6) is 0 Å². The highest BCUT2D eigenvalue weighted by molar-refractivity contribution is 6.00. The highest BCUT2D eigenvalue weighted by Crippen LogP contribution is 2.26. The van der Waals surface area contributed by atoms with Gasteiger partial charge in [-0.25, -0.2) is 4.39 Å². The molecule has 0 aliphatic carbocycles. The van der Waals surface area contributed by atoms with E-state index in [-0.39, 0.29) is 30.8 Å². The summed E-state index contributed by atoms with van der Waals surface area (Å²) in [5, 5.41) is 7.15. The molecule has 2 fully saturated rings. The summed E-state index contributed by atoms with van der Waals surface area (Å²) in [6.07, 6.45) is 0.938. The van der Waals surface area contributed by atoms with E-state index in [2.05, 4.69) is 20.4 Å². The lowest BCUT2D eigenvalue weighted by atomic mass is 10.1. The van der Waals surface area contributed by atoms with Crippen LogP contribution < -0.4 is 10.2 Å². The van der Waals surface area contributed by atoms with Crippen molar-refractivity contribution in [1.29, 1.82) is 0 Å². The van der Waals surface area contributed by atoms with Crippen molar-refractivity contribution in [2.24, 2.45) is 5.92 Å². The lowest BCUT2D eigenvalue weighted by molar-refractivity contribution is -0.126. The molecule has 2 atom stereocenters. The maximum Gasteiger partial charge on any atom is 0.257 e. The molecule has 3 heterocycles. The van der Waals surface area contributed by atoms with E-state index in [0.717, 1.165) is 18.5 Å². The van der Waals surface area contributed by atoms with Crippen molar-refractivity contribution in [1.82, 2.24) is 20.4 Å². The van der Waals surface area contributed by atoms with E-state index < -0.39 is 11.7 Å². The third-order valence-corrected chi connectivity index (χ3v) is 6.09. The molecule has 2 aromatic carbocycles. The highest BCUT2D eigenvalue weighted by Gasteiger charge is 2.36. The smallest absolute Gasteiger partial charge is 0.257 e. The number of nitrogens with zero attached hydrogens (tertiary/aromatic N) is 4. The van der Waals surface area contributed by atoms with Crippen molar-refractivity contribution >= 4 is 17.5 Å². The van der Waals surface area contributed by atoms with Gasteiger partial charge in [-0.3, -0.25) is 14.5 Å². The standard InChI is InChI=1S/C24H24FN5O3/c25-18-7-4-8-20(12-18)30-13-17(11-22(30)31)23(32)26-19-9-10-29(14-19)15-21-27-24(33-28-21)16-5-2-1-3-6-16/h1-8,12,17,19H,9-11,13-15H2,(H,26,32)/t17-,19-/m1/s1. The minimum absolute atomic E-state index is 0.00341. The number of likely N-dealkylation sites (tertiary alicyclic amines) is 1. The molecule has 2 saturated heterocycles. The molecule has 9 heteroatoms. The third kappa shape index (κ3) is 4.78. The van der Waals surface area contributed by atoms with Crippen LogP contribution in [0.1, 0.15) is 18.7 Å². The molecule has 0 spiro atoms. The van der Waals surface area contributed by atoms with Crippen molar-refractivity contribution in [3.63, 3.8) is 0 Å². The van der Waals surface area contributed by atoms with E-state index in [1.807, 2.05) is 30.3 Å². The van der Waals surface area contributed by atoms with E-state index in [0.29, 0.717) is 30.5 Å². The van der Waals surface area contributed by atoms with E-state index >= 15 is 0 Å². The number of nitrogens with one attached hydrogen (secondary N) is 1. The van der Waals surface area contributed by atoms with Gasteiger partial charge in [0.15, 0.2) is 5.82 Å². The minimum atomic E-state index is -0.444. The SMILES string of the molecule is O=C(N[C@@H]1CCN(Cc2noc(-c3ccccc3)n2)C1)[C@@H]1CC(=O)N(c2cccc(F)c2)C1. The Kier molecular flexibility index (Phi) is 5.87. The third-order valence-electron chi connectivity index (χ3n) is 6.09. The molecule has 33 heavy (non-hydrogen) atoms. The second kappa shape index (κ2) is 9.11. The summed E-state index contributed by atoms with van der Waals surface area (Å²) in [5.74, 6) is -0.0614. The fourth-order valence-corrected chi connectivity index (χ4v) is 4.41. The van der Waals surface area contributed by atoms with Crippen molar-refractivity contribution in [3.8, 4) is 11.5 Å². The largest absolute Gasteiger partial charge is 0.352 e. The molecule has 0 unspecified atom stereocenters. The number of benzene rings is 2. The molecular weight excluding hydrogens is 425 g/mol. The van der Waals surface area contributed by atoms with Crippen molar-refractivity contribution < 1.29 is 18.5 Å². The van der Waals surface area contributed by atoms with Gasteiger partial charge in [0.1, 0.15) is 5.82 Å². The van der Waals surface area contributed by atoms with Gasteiger partial charge < -0.3 is 14.7 Å². The Morgan fingerprint density at radius 3 is 2.82 bits per heavy atom. The van der Waals surface area contributed by atoms with Crippen LogP contribution in [0.3, 0.4) is 0 Å². The molecule has 1 aromatic heterocycles. The predicted molar refractivity (Wildman–Crippen MR) is 118 cm³/mol. The molecule has 0 saturated carbocycles. The number of hydrogen-bond acceptors (Lipinski definition) is 6. The number of amides is 2. The zero-order chi connectivity index (χ0) is 22.8. The predicted octanol–water partition coefficient (Wildman–Crippen LogP) is 2.62. The van der Waals surface area contributed by atoms with Gasteiger partial charge in [0.25, 0.3) is 5.89 Å². The molecule has 0 radical (unpaired) electrons. The number of carbonyl (C=O) groups is 2. The Labute approximate surface area is 190 Å². The molecule has 3 aromatic rings. The topological polar surface area (TPSA) is 91.6 Å². The highest BCUT2D eigenvalue weighted by atomic mass is 19.1. The number of rotatable bonds is 6. The minimum Gasteiger partial charge on any atom is -0.352 e. The van der Waals surface area contributed by atoms with E-state index in [1.54, 1.807) is 12.1 Å². The van der Waals surface area contributed by atoms with Gasteiger partial charge in [0.2, 0.25) is 11.8 Å². The first kappa shape index (κ1) is 21.3. The number of aromatic nitrogens is 2. The zero-order valence-corrected chi connectivity index (χ0v) is 18.0. The fraction of sp³-hybridized carbons (Fsp3) is 0.333. The van der Waals surface area contributed by atoms with Crippen LogP contribution in [0.2, 0.25) is 0 Å². The maximum atomic E-state index is 13.5. The molecule has 8 nitrogen and oxygen atoms in total. The quantitative estimate of drug-likeness (QED) is 0.622. The Bertz CT molecular complexity index is 1150. The Morgan fingerprint density at radius 2 is 2.00 bits per heavy atom. The van der Waals surface area contributed by atoms with Crippen LogP contribution in [0, 0.1) is 11.7 Å². The van der Waals surface area contributed by atoms with Gasteiger partial charge in [-0.05, 0) is 36.8 Å². The molecule has 0 bridgehead atoms. The van der Waals surface area contributed by atoms with Gasteiger partial charge in [-0.15, -0.1) is 0 Å². The van der Waals surface area contributed by atoms with E-state index in [9.17, 15) is 14.0 Å². The summed E-state index contributed by atoms with van der Waals surface area (Å²) in [7, 11) is 0. The van der Waals surface area contributed by atoms with E-state index in [1.165, 1.54) is 17.0 Å². The first-order valence-corrected chi connectivity index (χ1v) is 11.0. The second-order valence-corrected chi connectivity index (χ2v) is 8.50. The lowest BCUT2D eigenvalue weighted by Crippen LogP contribution is -2.41. The van der Waals surface area contributed by atoms with Gasteiger partial charge in [0, 0.05) is 43.3 Å². The summed E-state index contributed by atoms with van der Waals surface area (Å²) >= 11 is 0. The molecule has 2 aliphatic rings. The average Bonchev–Trinajstić information content (AvgIpc) is 3.55. The molecule has 5 rings (SSSR count). The monoisotopic (exact) mass is 449 g/mol. The first-order valence-electron chi connectivity index (χ1n) is 11.0. The number of anilines is 1. The number of halogens is 1.